The molecule has 0 aliphatic heterocycles. The fourth-order valence-electron chi connectivity index (χ4n) is 1.67. The summed E-state index contributed by atoms with van der Waals surface area (Å²) in [6.45, 7) is 2.22. The first kappa shape index (κ1) is 15.8. The quantitative estimate of drug-likeness (QED) is 0.883. The van der Waals surface area contributed by atoms with Gasteiger partial charge in [-0.05, 0) is 19.1 Å². The Balaban J connectivity index is 1.93. The molecule has 1 atom stereocenters. The molecule has 1 amide bonds. The van der Waals surface area contributed by atoms with E-state index in [1.807, 2.05) is 6.92 Å². The fraction of sp³-hybridized carbons (Fsp3) is 0.308. The predicted molar refractivity (Wildman–Crippen MR) is 82.3 cm³/mol. The maximum atomic E-state index is 11.9. The summed E-state index contributed by atoms with van der Waals surface area (Å²) in [4.78, 5) is 11.9. The summed E-state index contributed by atoms with van der Waals surface area (Å²) < 4.78 is 1.58. The highest BCUT2D eigenvalue weighted by Crippen LogP contribution is 2.29. The van der Waals surface area contributed by atoms with Crippen LogP contribution in [0.5, 0.6) is 0 Å². The number of para-hydroxylation sites is 1. The second-order valence-corrected chi connectivity index (χ2v) is 5.40. The molecule has 3 N–H and O–H groups in total. The molecule has 21 heavy (non-hydrogen) atoms. The highest BCUT2D eigenvalue weighted by atomic mass is 35.5. The van der Waals surface area contributed by atoms with Crippen molar-refractivity contribution in [2.24, 2.45) is 5.73 Å². The number of carbonyl (C=O) groups is 1. The average Bonchev–Trinajstić information content (AvgIpc) is 2.90. The van der Waals surface area contributed by atoms with E-state index in [1.54, 1.807) is 29.1 Å². The van der Waals surface area contributed by atoms with Crippen LogP contribution in [0.4, 0.5) is 5.69 Å². The Kier molecular flexibility index (Phi) is 5.17. The normalized spacial score (nSPS) is 12.2. The van der Waals surface area contributed by atoms with Crippen molar-refractivity contribution in [3.05, 3.63) is 40.1 Å². The van der Waals surface area contributed by atoms with Crippen molar-refractivity contribution in [3.8, 4) is 0 Å². The number of hydrogen-bond donors (Lipinski definition) is 2. The number of benzene rings is 1. The molecule has 0 aliphatic carbocycles. The van der Waals surface area contributed by atoms with E-state index < -0.39 is 0 Å². The Bertz CT molecular complexity index is 621. The van der Waals surface area contributed by atoms with Crippen LogP contribution in [0.15, 0.2) is 24.4 Å². The zero-order valence-electron chi connectivity index (χ0n) is 11.4. The molecule has 1 aromatic carbocycles. The number of anilines is 1. The van der Waals surface area contributed by atoms with Crippen LogP contribution in [-0.4, -0.2) is 20.9 Å². The lowest BCUT2D eigenvalue weighted by Gasteiger charge is -2.08. The minimum Gasteiger partial charge on any atom is -0.323 e. The van der Waals surface area contributed by atoms with Crippen molar-refractivity contribution >= 4 is 34.8 Å². The topological polar surface area (TPSA) is 85.8 Å². The SMILES string of the molecule is CC(N)c1cn(CCC(=O)Nc2c(Cl)cccc2Cl)nn1. The van der Waals surface area contributed by atoms with Crippen LogP contribution < -0.4 is 11.1 Å². The third-order valence-corrected chi connectivity index (χ3v) is 3.45. The molecule has 2 aromatic rings. The Labute approximate surface area is 132 Å². The summed E-state index contributed by atoms with van der Waals surface area (Å²) in [6, 6.07) is 4.85. The van der Waals surface area contributed by atoms with Crippen molar-refractivity contribution in [3.63, 3.8) is 0 Å². The first-order valence-corrected chi connectivity index (χ1v) is 7.12. The van der Waals surface area contributed by atoms with E-state index in [0.29, 0.717) is 28.0 Å². The van der Waals surface area contributed by atoms with Gasteiger partial charge in [0.1, 0.15) is 0 Å². The largest absolute Gasteiger partial charge is 0.323 e. The third-order valence-electron chi connectivity index (χ3n) is 2.82. The first-order valence-electron chi connectivity index (χ1n) is 6.37. The van der Waals surface area contributed by atoms with E-state index in [2.05, 4.69) is 15.6 Å². The zero-order valence-corrected chi connectivity index (χ0v) is 12.9. The van der Waals surface area contributed by atoms with Crippen LogP contribution in [0.25, 0.3) is 0 Å². The summed E-state index contributed by atoms with van der Waals surface area (Å²) in [7, 11) is 0. The summed E-state index contributed by atoms with van der Waals surface area (Å²) in [6.07, 6.45) is 1.95. The van der Waals surface area contributed by atoms with E-state index in [1.165, 1.54) is 0 Å². The molecular formula is C13H15Cl2N5O. The van der Waals surface area contributed by atoms with Gasteiger partial charge < -0.3 is 11.1 Å². The molecule has 1 unspecified atom stereocenters. The second kappa shape index (κ2) is 6.89. The number of aromatic nitrogens is 3. The molecule has 1 aromatic heterocycles. The summed E-state index contributed by atoms with van der Waals surface area (Å²) >= 11 is 12.0. The minimum atomic E-state index is -0.206. The Hall–Kier alpha value is -1.63. The zero-order chi connectivity index (χ0) is 15.4. The molecule has 0 fully saturated rings. The van der Waals surface area contributed by atoms with Crippen molar-refractivity contribution in [2.45, 2.75) is 25.9 Å². The Morgan fingerprint density at radius 1 is 1.43 bits per heavy atom. The number of nitrogens with two attached hydrogens (primary N) is 1. The van der Waals surface area contributed by atoms with E-state index >= 15 is 0 Å². The molecule has 0 radical (unpaired) electrons. The summed E-state index contributed by atoms with van der Waals surface area (Å²) in [5.74, 6) is -0.206. The van der Waals surface area contributed by atoms with E-state index in [4.69, 9.17) is 28.9 Å². The third kappa shape index (κ3) is 4.17. The van der Waals surface area contributed by atoms with Crippen molar-refractivity contribution in [1.82, 2.24) is 15.0 Å². The number of nitrogens with zero attached hydrogens (tertiary/aromatic N) is 3. The molecule has 2 rings (SSSR count). The van der Waals surface area contributed by atoms with Crippen molar-refractivity contribution < 1.29 is 4.79 Å². The number of rotatable bonds is 5. The van der Waals surface area contributed by atoms with Crippen LogP contribution in [0, 0.1) is 0 Å². The lowest BCUT2D eigenvalue weighted by atomic mass is 10.3. The van der Waals surface area contributed by atoms with Gasteiger partial charge in [0.15, 0.2) is 0 Å². The molecule has 0 saturated heterocycles. The van der Waals surface area contributed by atoms with Gasteiger partial charge in [-0.25, -0.2) is 0 Å². The van der Waals surface area contributed by atoms with Gasteiger partial charge >= 0.3 is 0 Å². The second-order valence-electron chi connectivity index (χ2n) is 4.59. The van der Waals surface area contributed by atoms with Gasteiger partial charge in [-0.2, -0.15) is 0 Å². The first-order chi connectivity index (χ1) is 9.97. The number of amides is 1. The molecule has 0 aliphatic rings. The van der Waals surface area contributed by atoms with Crippen LogP contribution in [-0.2, 0) is 11.3 Å². The van der Waals surface area contributed by atoms with E-state index in [0.717, 1.165) is 0 Å². The number of nitrogens with one attached hydrogen (secondary N) is 1. The lowest BCUT2D eigenvalue weighted by Crippen LogP contribution is -2.15. The molecule has 1 heterocycles. The summed E-state index contributed by atoms with van der Waals surface area (Å²) in [5, 5.41) is 11.3. The highest BCUT2D eigenvalue weighted by Gasteiger charge is 2.11. The van der Waals surface area contributed by atoms with Crippen LogP contribution in [0.1, 0.15) is 25.1 Å². The molecule has 112 valence electrons. The van der Waals surface area contributed by atoms with Gasteiger partial charge in [0.2, 0.25) is 5.91 Å². The van der Waals surface area contributed by atoms with Gasteiger partial charge in [0, 0.05) is 12.5 Å². The van der Waals surface area contributed by atoms with E-state index in [9.17, 15) is 4.79 Å². The molecule has 6 nitrogen and oxygen atoms in total. The molecule has 0 bridgehead atoms. The minimum absolute atomic E-state index is 0.186. The molecular weight excluding hydrogens is 313 g/mol. The van der Waals surface area contributed by atoms with Gasteiger partial charge in [0.05, 0.1) is 34.2 Å². The van der Waals surface area contributed by atoms with Crippen LogP contribution in [0.3, 0.4) is 0 Å². The van der Waals surface area contributed by atoms with E-state index in [-0.39, 0.29) is 18.4 Å². The Morgan fingerprint density at radius 2 is 2.10 bits per heavy atom. The Morgan fingerprint density at radius 3 is 2.67 bits per heavy atom. The number of carbonyl (C=O) groups excluding carboxylic acids is 1. The number of halogens is 2. The summed E-state index contributed by atoms with van der Waals surface area (Å²) in [5.41, 5.74) is 6.80. The van der Waals surface area contributed by atoms with Gasteiger partial charge in [-0.1, -0.05) is 34.5 Å². The number of aryl methyl sites for hydroxylation is 1. The number of hydrogen-bond acceptors (Lipinski definition) is 4. The molecule has 0 spiro atoms. The maximum Gasteiger partial charge on any atom is 0.226 e. The smallest absolute Gasteiger partial charge is 0.226 e. The molecule has 8 heteroatoms. The lowest BCUT2D eigenvalue weighted by molar-refractivity contribution is -0.116. The average molecular weight is 328 g/mol. The fourth-order valence-corrected chi connectivity index (χ4v) is 2.16. The van der Waals surface area contributed by atoms with Crippen molar-refractivity contribution in [1.29, 1.82) is 0 Å². The monoisotopic (exact) mass is 327 g/mol. The maximum absolute atomic E-state index is 11.9. The standard InChI is InChI=1S/C13H15Cl2N5O/c1-8(16)11-7-20(19-18-11)6-5-12(21)17-13-9(14)3-2-4-10(13)15/h2-4,7-8H,5-6,16H2,1H3,(H,17,21). The molecule has 0 saturated carbocycles. The van der Waals surface area contributed by atoms with Gasteiger partial charge in [-0.3, -0.25) is 9.48 Å². The van der Waals surface area contributed by atoms with Crippen LogP contribution in [0.2, 0.25) is 10.0 Å². The van der Waals surface area contributed by atoms with Gasteiger partial charge in [0.25, 0.3) is 0 Å². The van der Waals surface area contributed by atoms with Crippen molar-refractivity contribution in [2.75, 3.05) is 5.32 Å². The van der Waals surface area contributed by atoms with Crippen LogP contribution >= 0.6 is 23.2 Å². The predicted octanol–water partition coefficient (Wildman–Crippen LogP) is 2.63. The van der Waals surface area contributed by atoms with Gasteiger partial charge in [-0.15, -0.1) is 5.10 Å². The highest BCUT2D eigenvalue weighted by molar-refractivity contribution is 6.39.